The first kappa shape index (κ1) is 15.6. The third-order valence-corrected chi connectivity index (χ3v) is 3.33. The summed E-state index contributed by atoms with van der Waals surface area (Å²) < 4.78 is 5.70. The molecular weight excluding hydrogens is 262 g/mol. The zero-order chi connectivity index (χ0) is 15.1. The summed E-state index contributed by atoms with van der Waals surface area (Å²) in [5.74, 6) is 2.51. The molecule has 0 aliphatic rings. The molecule has 0 saturated heterocycles. The molecule has 21 heavy (non-hydrogen) atoms. The minimum atomic E-state index is 0.319. The van der Waals surface area contributed by atoms with Gasteiger partial charge in [-0.3, -0.25) is 0 Å². The first-order valence-electron chi connectivity index (χ1n) is 7.59. The Kier molecular flexibility index (Phi) is 5.81. The smallest absolute Gasteiger partial charge is 0.119 e. The van der Waals surface area contributed by atoms with E-state index in [-0.39, 0.29) is 0 Å². The lowest BCUT2D eigenvalue weighted by atomic mass is 10.1. The molecule has 4 nitrogen and oxygen atoms in total. The lowest BCUT2D eigenvalue weighted by Crippen LogP contribution is -2.21. The van der Waals surface area contributed by atoms with E-state index in [0.717, 1.165) is 31.1 Å². The van der Waals surface area contributed by atoms with Crippen LogP contribution in [0.1, 0.15) is 38.2 Å². The Hall–Kier alpha value is -1.81. The normalized spacial score (nSPS) is 12.6. The van der Waals surface area contributed by atoms with Crippen LogP contribution in [0.2, 0.25) is 0 Å². The third kappa shape index (κ3) is 5.23. The molecule has 0 saturated carbocycles. The first-order chi connectivity index (χ1) is 10.1. The maximum absolute atomic E-state index is 5.70. The summed E-state index contributed by atoms with van der Waals surface area (Å²) in [7, 11) is 0. The van der Waals surface area contributed by atoms with Crippen LogP contribution >= 0.6 is 0 Å². The van der Waals surface area contributed by atoms with Crippen LogP contribution in [0.4, 0.5) is 0 Å². The minimum absolute atomic E-state index is 0.319. The van der Waals surface area contributed by atoms with Crippen molar-refractivity contribution in [2.75, 3.05) is 13.2 Å². The van der Waals surface area contributed by atoms with Gasteiger partial charge in [0.2, 0.25) is 0 Å². The lowest BCUT2D eigenvalue weighted by Gasteiger charge is -2.15. The number of hydrogen-bond acceptors (Lipinski definition) is 3. The van der Waals surface area contributed by atoms with Crippen molar-refractivity contribution in [2.45, 2.75) is 33.2 Å². The van der Waals surface area contributed by atoms with Crippen molar-refractivity contribution >= 4 is 0 Å². The van der Waals surface area contributed by atoms with Crippen molar-refractivity contribution in [1.82, 2.24) is 15.3 Å². The third-order valence-electron chi connectivity index (χ3n) is 3.33. The van der Waals surface area contributed by atoms with E-state index in [9.17, 15) is 0 Å². The summed E-state index contributed by atoms with van der Waals surface area (Å²) in [5, 5.41) is 3.51. The van der Waals surface area contributed by atoms with E-state index in [1.807, 2.05) is 18.3 Å². The fourth-order valence-electron chi connectivity index (χ4n) is 2.08. The number of nitrogens with one attached hydrogen (secondary N) is 2. The number of hydrogen-bond donors (Lipinski definition) is 2. The van der Waals surface area contributed by atoms with Crippen molar-refractivity contribution < 1.29 is 4.74 Å². The second-order valence-electron chi connectivity index (χ2n) is 5.74. The molecule has 2 rings (SSSR count). The zero-order valence-corrected chi connectivity index (χ0v) is 13.1. The highest BCUT2D eigenvalue weighted by molar-refractivity contribution is 5.28. The number of aromatic nitrogens is 2. The van der Waals surface area contributed by atoms with Crippen LogP contribution < -0.4 is 10.1 Å². The van der Waals surface area contributed by atoms with Gasteiger partial charge in [0.15, 0.2) is 0 Å². The highest BCUT2D eigenvalue weighted by Crippen LogP contribution is 2.18. The predicted molar refractivity (Wildman–Crippen MR) is 85.5 cm³/mol. The number of H-pyrrole nitrogens is 1. The van der Waals surface area contributed by atoms with Gasteiger partial charge in [-0.2, -0.15) is 0 Å². The van der Waals surface area contributed by atoms with Crippen LogP contribution in [0, 0.1) is 5.92 Å². The van der Waals surface area contributed by atoms with E-state index in [1.165, 1.54) is 5.56 Å². The van der Waals surface area contributed by atoms with Crippen molar-refractivity contribution in [2.24, 2.45) is 5.92 Å². The van der Waals surface area contributed by atoms with Gasteiger partial charge in [-0.1, -0.05) is 26.0 Å². The van der Waals surface area contributed by atoms with Gasteiger partial charge in [0.25, 0.3) is 0 Å². The Balaban J connectivity index is 1.77. The molecule has 0 aliphatic heterocycles. The summed E-state index contributed by atoms with van der Waals surface area (Å²) in [6, 6.07) is 8.66. The maximum atomic E-state index is 5.70. The Bertz CT molecular complexity index is 505. The van der Waals surface area contributed by atoms with Crippen LogP contribution in [0.25, 0.3) is 0 Å². The molecule has 2 N–H and O–H groups in total. The van der Waals surface area contributed by atoms with Gasteiger partial charge in [-0.15, -0.1) is 0 Å². The van der Waals surface area contributed by atoms with Crippen LogP contribution in [-0.4, -0.2) is 23.1 Å². The highest BCUT2D eigenvalue weighted by atomic mass is 16.5. The molecule has 0 bridgehead atoms. The van der Waals surface area contributed by atoms with E-state index in [2.05, 4.69) is 48.2 Å². The van der Waals surface area contributed by atoms with E-state index in [4.69, 9.17) is 4.74 Å². The largest absolute Gasteiger partial charge is 0.493 e. The summed E-state index contributed by atoms with van der Waals surface area (Å²) in [6.07, 6.45) is 4.55. The minimum Gasteiger partial charge on any atom is -0.493 e. The fourth-order valence-corrected chi connectivity index (χ4v) is 2.08. The van der Waals surface area contributed by atoms with Gasteiger partial charge in [0.05, 0.1) is 6.61 Å². The van der Waals surface area contributed by atoms with Crippen molar-refractivity contribution in [1.29, 1.82) is 0 Å². The summed E-state index contributed by atoms with van der Waals surface area (Å²) >= 11 is 0. The predicted octanol–water partition coefficient (Wildman–Crippen LogP) is 3.34. The first-order valence-corrected chi connectivity index (χ1v) is 7.59. The molecule has 2 aromatic rings. The molecule has 1 unspecified atom stereocenters. The molecule has 1 aromatic carbocycles. The van der Waals surface area contributed by atoms with Gasteiger partial charge in [-0.25, -0.2) is 4.98 Å². The molecule has 0 fully saturated rings. The maximum Gasteiger partial charge on any atom is 0.119 e. The average Bonchev–Trinajstić information content (AvgIpc) is 2.99. The average molecular weight is 287 g/mol. The number of imidazole rings is 1. The SMILES string of the molecule is CC(C)COc1ccc(C(C)NCCc2ncc[nH]2)cc1. The topological polar surface area (TPSA) is 49.9 Å². The molecule has 0 radical (unpaired) electrons. The standard InChI is InChI=1S/C17H25N3O/c1-13(2)12-21-16-6-4-15(5-7-16)14(3)18-9-8-17-19-10-11-20-17/h4-7,10-11,13-14,18H,8-9,12H2,1-3H3,(H,19,20). The molecule has 1 heterocycles. The van der Waals surface area contributed by atoms with Crippen molar-refractivity contribution in [3.8, 4) is 5.75 Å². The zero-order valence-electron chi connectivity index (χ0n) is 13.1. The van der Waals surface area contributed by atoms with Crippen LogP contribution in [0.15, 0.2) is 36.7 Å². The molecule has 1 aromatic heterocycles. The number of rotatable bonds is 8. The van der Waals surface area contributed by atoms with Crippen molar-refractivity contribution in [3.63, 3.8) is 0 Å². The van der Waals surface area contributed by atoms with E-state index in [0.29, 0.717) is 12.0 Å². The van der Waals surface area contributed by atoms with Gasteiger partial charge >= 0.3 is 0 Å². The molecular formula is C17H25N3O. The molecule has 0 aliphatic carbocycles. The quantitative estimate of drug-likeness (QED) is 0.783. The Labute approximate surface area is 127 Å². The van der Waals surface area contributed by atoms with Crippen LogP contribution in [-0.2, 0) is 6.42 Å². The number of ether oxygens (including phenoxy) is 1. The van der Waals surface area contributed by atoms with E-state index in [1.54, 1.807) is 6.20 Å². The van der Waals surface area contributed by atoms with E-state index < -0.39 is 0 Å². The highest BCUT2D eigenvalue weighted by Gasteiger charge is 2.05. The lowest BCUT2D eigenvalue weighted by molar-refractivity contribution is 0.271. The summed E-state index contributed by atoms with van der Waals surface area (Å²) in [6.45, 7) is 8.14. The Morgan fingerprint density at radius 1 is 1.19 bits per heavy atom. The van der Waals surface area contributed by atoms with Gasteiger partial charge in [0, 0.05) is 31.4 Å². The second kappa shape index (κ2) is 7.84. The Morgan fingerprint density at radius 2 is 1.95 bits per heavy atom. The summed E-state index contributed by atoms with van der Waals surface area (Å²) in [4.78, 5) is 7.33. The molecule has 0 amide bonds. The molecule has 0 spiro atoms. The molecule has 1 atom stereocenters. The fraction of sp³-hybridized carbons (Fsp3) is 0.471. The van der Waals surface area contributed by atoms with Gasteiger partial charge in [0.1, 0.15) is 11.6 Å². The number of nitrogens with zero attached hydrogens (tertiary/aromatic N) is 1. The summed E-state index contributed by atoms with van der Waals surface area (Å²) in [5.41, 5.74) is 1.27. The number of aromatic amines is 1. The second-order valence-corrected chi connectivity index (χ2v) is 5.74. The van der Waals surface area contributed by atoms with Gasteiger partial charge in [-0.05, 0) is 30.5 Å². The van der Waals surface area contributed by atoms with Crippen LogP contribution in [0.3, 0.4) is 0 Å². The van der Waals surface area contributed by atoms with Crippen molar-refractivity contribution in [3.05, 3.63) is 48.0 Å². The van der Waals surface area contributed by atoms with E-state index >= 15 is 0 Å². The monoisotopic (exact) mass is 287 g/mol. The number of benzene rings is 1. The molecule has 4 heteroatoms. The van der Waals surface area contributed by atoms with Crippen LogP contribution in [0.5, 0.6) is 5.75 Å². The van der Waals surface area contributed by atoms with Gasteiger partial charge < -0.3 is 15.0 Å². The Morgan fingerprint density at radius 3 is 2.57 bits per heavy atom. The molecule has 114 valence electrons.